The molecule has 0 fully saturated rings. The van der Waals surface area contributed by atoms with E-state index in [1.165, 1.54) is 0 Å². The van der Waals surface area contributed by atoms with Gasteiger partial charge in [-0.1, -0.05) is 12.1 Å². The summed E-state index contributed by atoms with van der Waals surface area (Å²) in [5, 5.41) is 6.69. The number of pyridine rings is 2. The summed E-state index contributed by atoms with van der Waals surface area (Å²) in [7, 11) is 1.68. The molecule has 134 valence electrons. The van der Waals surface area contributed by atoms with Crippen molar-refractivity contribution in [3.8, 4) is 0 Å². The van der Waals surface area contributed by atoms with Gasteiger partial charge in [-0.15, -0.1) is 0 Å². The predicted octanol–water partition coefficient (Wildman–Crippen LogP) is 2.04. The maximum absolute atomic E-state index is 5.46. The van der Waals surface area contributed by atoms with Crippen molar-refractivity contribution in [2.45, 2.75) is 20.1 Å². The van der Waals surface area contributed by atoms with Crippen molar-refractivity contribution < 1.29 is 4.74 Å². The lowest BCUT2D eigenvalue weighted by Gasteiger charge is -2.17. The third kappa shape index (κ3) is 7.09. The average Bonchev–Trinajstić information content (AvgIpc) is 2.60. The number of hydrogen-bond acceptors (Lipinski definition) is 6. The SMILES string of the molecule is COC(NCCNCCN=Cc1cccc(C)n1)c1cccc(C)n1. The van der Waals surface area contributed by atoms with Crippen molar-refractivity contribution >= 4 is 6.21 Å². The Morgan fingerprint density at radius 1 is 1.04 bits per heavy atom. The first kappa shape index (κ1) is 19.2. The van der Waals surface area contributed by atoms with Crippen LogP contribution >= 0.6 is 0 Å². The van der Waals surface area contributed by atoms with Gasteiger partial charge in [0.2, 0.25) is 0 Å². The standard InChI is InChI=1S/C19H27N5O/c1-15-6-4-8-17(23-15)14-21-11-10-20-12-13-22-19(25-3)18-9-5-7-16(2)24-18/h4-9,14,19-20,22H,10-13H2,1-3H3. The molecule has 6 nitrogen and oxygen atoms in total. The van der Waals surface area contributed by atoms with Gasteiger partial charge in [0.1, 0.15) is 0 Å². The number of nitrogens with one attached hydrogen (secondary N) is 2. The monoisotopic (exact) mass is 341 g/mol. The van der Waals surface area contributed by atoms with Gasteiger partial charge in [0.15, 0.2) is 6.23 Å². The Labute approximate surface area is 149 Å². The third-order valence-corrected chi connectivity index (χ3v) is 3.60. The number of aliphatic imine (C=N–C) groups is 1. The second-order valence-electron chi connectivity index (χ2n) is 5.76. The fourth-order valence-electron chi connectivity index (χ4n) is 2.37. The van der Waals surface area contributed by atoms with Gasteiger partial charge in [-0.05, 0) is 38.1 Å². The Hall–Kier alpha value is -2.15. The summed E-state index contributed by atoms with van der Waals surface area (Å²) in [6.07, 6.45) is 1.63. The predicted molar refractivity (Wildman–Crippen MR) is 101 cm³/mol. The summed E-state index contributed by atoms with van der Waals surface area (Å²) in [4.78, 5) is 13.3. The fraction of sp³-hybridized carbons (Fsp3) is 0.421. The number of ether oxygens (including phenoxy) is 1. The van der Waals surface area contributed by atoms with Crippen molar-refractivity contribution in [2.24, 2.45) is 4.99 Å². The molecule has 2 heterocycles. The molecule has 1 atom stereocenters. The van der Waals surface area contributed by atoms with Crippen molar-refractivity contribution in [1.82, 2.24) is 20.6 Å². The van der Waals surface area contributed by atoms with Crippen LogP contribution in [0.1, 0.15) is 29.0 Å². The minimum absolute atomic E-state index is 0.188. The van der Waals surface area contributed by atoms with Gasteiger partial charge in [-0.25, -0.2) is 0 Å². The summed E-state index contributed by atoms with van der Waals surface area (Å²) < 4.78 is 5.46. The third-order valence-electron chi connectivity index (χ3n) is 3.60. The van der Waals surface area contributed by atoms with E-state index >= 15 is 0 Å². The van der Waals surface area contributed by atoms with Gasteiger partial charge < -0.3 is 10.1 Å². The number of rotatable bonds is 10. The molecule has 0 aliphatic carbocycles. The Bertz CT molecular complexity index is 674. The molecule has 0 saturated heterocycles. The second-order valence-corrected chi connectivity index (χ2v) is 5.76. The number of aryl methyl sites for hydroxylation is 2. The zero-order valence-electron chi connectivity index (χ0n) is 15.2. The van der Waals surface area contributed by atoms with Crippen LogP contribution in [0, 0.1) is 13.8 Å². The van der Waals surface area contributed by atoms with Gasteiger partial charge in [-0.3, -0.25) is 20.3 Å². The molecule has 2 rings (SSSR count). The highest BCUT2D eigenvalue weighted by atomic mass is 16.5. The minimum Gasteiger partial charge on any atom is -0.361 e. The molecule has 0 saturated carbocycles. The average molecular weight is 341 g/mol. The first-order chi connectivity index (χ1) is 12.2. The van der Waals surface area contributed by atoms with E-state index in [-0.39, 0.29) is 6.23 Å². The molecule has 2 aromatic rings. The van der Waals surface area contributed by atoms with Crippen molar-refractivity contribution in [3.05, 3.63) is 59.2 Å². The van der Waals surface area contributed by atoms with E-state index in [0.717, 1.165) is 49.0 Å². The smallest absolute Gasteiger partial charge is 0.150 e. The summed E-state index contributed by atoms with van der Waals surface area (Å²) in [5.41, 5.74) is 3.79. The molecular weight excluding hydrogens is 314 g/mol. The quantitative estimate of drug-likeness (QED) is 0.393. The van der Waals surface area contributed by atoms with E-state index in [9.17, 15) is 0 Å². The molecule has 1 unspecified atom stereocenters. The lowest BCUT2D eigenvalue weighted by Crippen LogP contribution is -2.32. The highest BCUT2D eigenvalue weighted by Gasteiger charge is 2.10. The van der Waals surface area contributed by atoms with Crippen LogP contribution in [0.25, 0.3) is 0 Å². The largest absolute Gasteiger partial charge is 0.361 e. The first-order valence-corrected chi connectivity index (χ1v) is 8.53. The van der Waals surface area contributed by atoms with Crippen LogP contribution in [-0.2, 0) is 4.74 Å². The lowest BCUT2D eigenvalue weighted by atomic mass is 10.3. The Morgan fingerprint density at radius 3 is 2.52 bits per heavy atom. The molecule has 0 amide bonds. The van der Waals surface area contributed by atoms with Gasteiger partial charge in [0.25, 0.3) is 0 Å². The molecule has 6 heteroatoms. The van der Waals surface area contributed by atoms with Crippen molar-refractivity contribution in [1.29, 1.82) is 0 Å². The highest BCUT2D eigenvalue weighted by molar-refractivity contribution is 5.76. The van der Waals surface area contributed by atoms with E-state index in [1.807, 2.05) is 56.5 Å². The molecule has 0 aliphatic rings. The van der Waals surface area contributed by atoms with Crippen LogP contribution in [-0.4, -0.2) is 49.5 Å². The maximum Gasteiger partial charge on any atom is 0.150 e. The number of nitrogens with zero attached hydrogens (tertiary/aromatic N) is 3. The normalized spacial score (nSPS) is 12.6. The molecule has 0 aliphatic heterocycles. The van der Waals surface area contributed by atoms with E-state index in [4.69, 9.17) is 4.74 Å². The van der Waals surface area contributed by atoms with Crippen LogP contribution in [0.15, 0.2) is 41.4 Å². The topological polar surface area (TPSA) is 71.4 Å². The minimum atomic E-state index is -0.188. The highest BCUT2D eigenvalue weighted by Crippen LogP contribution is 2.10. The Morgan fingerprint density at radius 2 is 1.80 bits per heavy atom. The number of hydrogen-bond donors (Lipinski definition) is 2. The maximum atomic E-state index is 5.46. The Kier molecular flexibility index (Phi) is 8.18. The summed E-state index contributed by atoms with van der Waals surface area (Å²) in [6, 6.07) is 11.9. The van der Waals surface area contributed by atoms with Gasteiger partial charge in [-0.2, -0.15) is 0 Å². The van der Waals surface area contributed by atoms with Crippen LogP contribution in [0.5, 0.6) is 0 Å². The summed E-state index contributed by atoms with van der Waals surface area (Å²) >= 11 is 0. The molecule has 0 radical (unpaired) electrons. The van der Waals surface area contributed by atoms with E-state index < -0.39 is 0 Å². The molecule has 25 heavy (non-hydrogen) atoms. The van der Waals surface area contributed by atoms with Gasteiger partial charge in [0, 0.05) is 44.3 Å². The zero-order valence-corrected chi connectivity index (χ0v) is 15.2. The van der Waals surface area contributed by atoms with E-state index in [1.54, 1.807) is 7.11 Å². The molecular formula is C19H27N5O. The number of aromatic nitrogens is 2. The van der Waals surface area contributed by atoms with Gasteiger partial charge in [0.05, 0.1) is 17.9 Å². The van der Waals surface area contributed by atoms with Crippen molar-refractivity contribution in [2.75, 3.05) is 33.3 Å². The van der Waals surface area contributed by atoms with Crippen LogP contribution in [0.3, 0.4) is 0 Å². The fourth-order valence-corrected chi connectivity index (χ4v) is 2.37. The molecule has 0 aromatic carbocycles. The molecule has 0 bridgehead atoms. The molecule has 0 spiro atoms. The summed E-state index contributed by atoms with van der Waals surface area (Å²) in [6.45, 7) is 7.13. The molecule has 2 N–H and O–H groups in total. The van der Waals surface area contributed by atoms with Crippen LogP contribution in [0.2, 0.25) is 0 Å². The first-order valence-electron chi connectivity index (χ1n) is 8.53. The van der Waals surface area contributed by atoms with Gasteiger partial charge >= 0.3 is 0 Å². The number of methoxy groups -OCH3 is 1. The van der Waals surface area contributed by atoms with Crippen molar-refractivity contribution in [3.63, 3.8) is 0 Å². The molecule has 2 aromatic heterocycles. The van der Waals surface area contributed by atoms with Crippen LogP contribution < -0.4 is 10.6 Å². The van der Waals surface area contributed by atoms with E-state index in [2.05, 4.69) is 25.6 Å². The lowest BCUT2D eigenvalue weighted by molar-refractivity contribution is 0.0707. The van der Waals surface area contributed by atoms with E-state index in [0.29, 0.717) is 0 Å². The Balaban J connectivity index is 1.61. The van der Waals surface area contributed by atoms with Crippen LogP contribution in [0.4, 0.5) is 0 Å². The zero-order chi connectivity index (χ0) is 17.9. The second kappa shape index (κ2) is 10.7. The summed E-state index contributed by atoms with van der Waals surface area (Å²) in [5.74, 6) is 0.